The molecule has 0 N–H and O–H groups in total. The Bertz CT molecular complexity index is 788. The lowest BCUT2D eigenvalue weighted by Gasteiger charge is -2.34. The van der Waals surface area contributed by atoms with Crippen LogP contribution in [-0.2, 0) is 17.9 Å². The highest BCUT2D eigenvalue weighted by Crippen LogP contribution is 2.27. The summed E-state index contributed by atoms with van der Waals surface area (Å²) in [7, 11) is 0. The minimum Gasteiger partial charge on any atom is -0.492 e. The fourth-order valence-electron chi connectivity index (χ4n) is 4.17. The molecule has 27 heavy (non-hydrogen) atoms. The van der Waals surface area contributed by atoms with Crippen molar-refractivity contribution < 1.29 is 9.53 Å². The van der Waals surface area contributed by atoms with Crippen molar-refractivity contribution in [2.75, 3.05) is 32.8 Å². The summed E-state index contributed by atoms with van der Waals surface area (Å²) in [5.41, 5.74) is 1.16. The zero-order chi connectivity index (χ0) is 18.6. The number of aryl methyl sites for hydroxylation is 1. The van der Waals surface area contributed by atoms with Crippen molar-refractivity contribution in [3.63, 3.8) is 0 Å². The van der Waals surface area contributed by atoms with E-state index in [2.05, 4.69) is 27.4 Å². The third-order valence-electron chi connectivity index (χ3n) is 5.62. The molecule has 0 unspecified atom stereocenters. The Morgan fingerprint density at radius 2 is 2.19 bits per heavy atom. The first kappa shape index (κ1) is 18.0. The van der Waals surface area contributed by atoms with Gasteiger partial charge in [-0.1, -0.05) is 18.2 Å². The van der Waals surface area contributed by atoms with Gasteiger partial charge in [0, 0.05) is 56.6 Å². The minimum absolute atomic E-state index is 0.216. The maximum Gasteiger partial charge on any atom is 0.236 e. The number of nitrogens with zero attached hydrogens (tertiary/aromatic N) is 4. The Balaban J connectivity index is 1.39. The highest BCUT2D eigenvalue weighted by Gasteiger charge is 2.28. The van der Waals surface area contributed by atoms with Crippen molar-refractivity contribution in [2.45, 2.75) is 38.8 Å². The number of carbonyl (C=O) groups is 1. The summed E-state index contributed by atoms with van der Waals surface area (Å²) in [5, 5.41) is 0. The molecule has 0 aliphatic carbocycles. The average Bonchev–Trinajstić information content (AvgIpc) is 3.09. The SMILES string of the molecule is CCn1ccnc1[C@@H]1CCCN(C(=O)CN2CCOc3ccccc3C2)C1. The van der Waals surface area contributed by atoms with Crippen molar-refractivity contribution in [3.8, 4) is 5.75 Å². The van der Waals surface area contributed by atoms with E-state index in [9.17, 15) is 4.79 Å². The molecule has 3 heterocycles. The van der Waals surface area contributed by atoms with Crippen LogP contribution in [0.25, 0.3) is 0 Å². The van der Waals surface area contributed by atoms with Gasteiger partial charge in [0.2, 0.25) is 5.91 Å². The Morgan fingerprint density at radius 3 is 3.07 bits per heavy atom. The molecule has 0 saturated carbocycles. The number of amides is 1. The Kier molecular flexibility index (Phi) is 5.43. The van der Waals surface area contributed by atoms with E-state index in [-0.39, 0.29) is 5.91 Å². The summed E-state index contributed by atoms with van der Waals surface area (Å²) in [6.45, 7) is 7.30. The fourth-order valence-corrected chi connectivity index (χ4v) is 4.17. The molecular weight excluding hydrogens is 340 g/mol. The fraction of sp³-hybridized carbons (Fsp3) is 0.524. The van der Waals surface area contributed by atoms with E-state index in [0.717, 1.165) is 62.7 Å². The third-order valence-corrected chi connectivity index (χ3v) is 5.62. The van der Waals surface area contributed by atoms with Gasteiger partial charge in [-0.15, -0.1) is 0 Å². The number of aromatic nitrogens is 2. The number of imidazole rings is 1. The molecule has 0 bridgehead atoms. The molecule has 1 aromatic heterocycles. The van der Waals surface area contributed by atoms with Gasteiger partial charge in [-0.05, 0) is 25.8 Å². The van der Waals surface area contributed by atoms with Crippen LogP contribution in [0, 0.1) is 0 Å². The first-order chi connectivity index (χ1) is 13.2. The summed E-state index contributed by atoms with van der Waals surface area (Å²) >= 11 is 0. The molecule has 2 aliphatic rings. The average molecular weight is 368 g/mol. The number of ether oxygens (including phenoxy) is 1. The summed E-state index contributed by atoms with van der Waals surface area (Å²) < 4.78 is 8.02. The van der Waals surface area contributed by atoms with Gasteiger partial charge >= 0.3 is 0 Å². The molecule has 4 rings (SSSR count). The van der Waals surface area contributed by atoms with Crippen LogP contribution in [0.3, 0.4) is 0 Å². The van der Waals surface area contributed by atoms with Crippen LogP contribution >= 0.6 is 0 Å². The number of para-hydroxylation sites is 1. The van der Waals surface area contributed by atoms with Gasteiger partial charge in [0.05, 0.1) is 6.54 Å². The van der Waals surface area contributed by atoms with E-state index < -0.39 is 0 Å². The molecule has 1 fully saturated rings. The van der Waals surface area contributed by atoms with E-state index in [1.54, 1.807) is 0 Å². The van der Waals surface area contributed by atoms with Crippen LogP contribution in [0.5, 0.6) is 5.75 Å². The van der Waals surface area contributed by atoms with Crippen LogP contribution in [0.15, 0.2) is 36.7 Å². The summed E-state index contributed by atoms with van der Waals surface area (Å²) in [5.74, 6) is 2.61. The van der Waals surface area contributed by atoms with Crippen molar-refractivity contribution in [3.05, 3.63) is 48.0 Å². The molecule has 6 heteroatoms. The molecule has 144 valence electrons. The predicted octanol–water partition coefficient (Wildman–Crippen LogP) is 2.50. The zero-order valence-corrected chi connectivity index (χ0v) is 16.0. The number of carbonyl (C=O) groups excluding carboxylic acids is 1. The van der Waals surface area contributed by atoms with Crippen molar-refractivity contribution >= 4 is 5.91 Å². The number of hydrogen-bond donors (Lipinski definition) is 0. The Morgan fingerprint density at radius 1 is 1.30 bits per heavy atom. The quantitative estimate of drug-likeness (QED) is 0.832. The van der Waals surface area contributed by atoms with Gasteiger partial charge in [-0.2, -0.15) is 0 Å². The molecule has 1 saturated heterocycles. The third kappa shape index (κ3) is 4.00. The normalized spacial score (nSPS) is 20.6. The standard InChI is InChI=1S/C21H28N4O2/c1-2-24-11-9-22-21(24)18-7-5-10-25(15-18)20(26)16-23-12-13-27-19-8-4-3-6-17(19)14-23/h3-4,6,8-9,11,18H,2,5,7,10,12-16H2,1H3/t18-/m1/s1. The monoisotopic (exact) mass is 368 g/mol. The summed E-state index contributed by atoms with van der Waals surface area (Å²) in [6.07, 6.45) is 6.05. The molecule has 0 spiro atoms. The smallest absolute Gasteiger partial charge is 0.236 e. The van der Waals surface area contributed by atoms with Crippen LogP contribution < -0.4 is 4.74 Å². The van der Waals surface area contributed by atoms with Crippen LogP contribution in [0.1, 0.15) is 37.1 Å². The number of hydrogen-bond acceptors (Lipinski definition) is 4. The second-order valence-electron chi connectivity index (χ2n) is 7.42. The molecule has 2 aliphatic heterocycles. The van der Waals surface area contributed by atoms with E-state index in [4.69, 9.17) is 4.74 Å². The maximum absolute atomic E-state index is 13.0. The van der Waals surface area contributed by atoms with Gasteiger partial charge in [-0.3, -0.25) is 9.69 Å². The molecular formula is C21H28N4O2. The zero-order valence-electron chi connectivity index (χ0n) is 16.0. The lowest BCUT2D eigenvalue weighted by Crippen LogP contribution is -2.45. The second-order valence-corrected chi connectivity index (χ2v) is 7.42. The Labute approximate surface area is 160 Å². The van der Waals surface area contributed by atoms with E-state index in [1.165, 1.54) is 0 Å². The number of benzene rings is 1. The molecule has 6 nitrogen and oxygen atoms in total. The molecule has 2 aromatic rings. The Hall–Kier alpha value is -2.34. The van der Waals surface area contributed by atoms with Crippen molar-refractivity contribution in [2.24, 2.45) is 0 Å². The lowest BCUT2D eigenvalue weighted by molar-refractivity contribution is -0.133. The molecule has 1 aromatic carbocycles. The molecule has 0 radical (unpaired) electrons. The van der Waals surface area contributed by atoms with Gasteiger partial charge in [0.1, 0.15) is 18.2 Å². The number of fused-ring (bicyclic) bond motifs is 1. The summed E-state index contributed by atoms with van der Waals surface area (Å²) in [6, 6.07) is 8.11. The first-order valence-electron chi connectivity index (χ1n) is 9.96. The van der Waals surface area contributed by atoms with Gasteiger partial charge < -0.3 is 14.2 Å². The maximum atomic E-state index is 13.0. The topological polar surface area (TPSA) is 50.6 Å². The highest BCUT2D eigenvalue weighted by atomic mass is 16.5. The molecule has 1 atom stereocenters. The van der Waals surface area contributed by atoms with Crippen LogP contribution in [0.2, 0.25) is 0 Å². The largest absolute Gasteiger partial charge is 0.492 e. The number of likely N-dealkylation sites (tertiary alicyclic amines) is 1. The second kappa shape index (κ2) is 8.13. The number of piperidine rings is 1. The van der Waals surface area contributed by atoms with Crippen LogP contribution in [-0.4, -0.2) is 58.0 Å². The van der Waals surface area contributed by atoms with Crippen molar-refractivity contribution in [1.82, 2.24) is 19.4 Å². The van der Waals surface area contributed by atoms with E-state index in [0.29, 0.717) is 19.1 Å². The van der Waals surface area contributed by atoms with Gasteiger partial charge in [0.15, 0.2) is 0 Å². The number of rotatable bonds is 4. The predicted molar refractivity (Wildman–Crippen MR) is 104 cm³/mol. The van der Waals surface area contributed by atoms with E-state index in [1.807, 2.05) is 35.5 Å². The minimum atomic E-state index is 0.216. The highest BCUT2D eigenvalue weighted by molar-refractivity contribution is 5.78. The summed E-state index contributed by atoms with van der Waals surface area (Å²) in [4.78, 5) is 21.8. The first-order valence-corrected chi connectivity index (χ1v) is 9.96. The van der Waals surface area contributed by atoms with Gasteiger partial charge in [-0.25, -0.2) is 4.98 Å². The van der Waals surface area contributed by atoms with Crippen LogP contribution in [0.4, 0.5) is 0 Å². The lowest BCUT2D eigenvalue weighted by atomic mass is 9.97. The van der Waals surface area contributed by atoms with Gasteiger partial charge in [0.25, 0.3) is 0 Å². The van der Waals surface area contributed by atoms with Crippen molar-refractivity contribution in [1.29, 1.82) is 0 Å². The van der Waals surface area contributed by atoms with E-state index >= 15 is 0 Å². The molecule has 1 amide bonds.